The van der Waals surface area contributed by atoms with Crippen LogP contribution in [0, 0.1) is 0 Å². The molecule has 9 aromatic rings. The fourth-order valence-electron chi connectivity index (χ4n) is 8.61. The Morgan fingerprint density at radius 3 is 1.58 bits per heavy atom. The number of rotatable bonds is 4. The van der Waals surface area contributed by atoms with Gasteiger partial charge in [0.15, 0.2) is 0 Å². The maximum atomic E-state index is 2.42. The van der Waals surface area contributed by atoms with Crippen molar-refractivity contribution < 1.29 is 0 Å². The van der Waals surface area contributed by atoms with Crippen molar-refractivity contribution in [2.45, 2.75) is 0 Å². The fourth-order valence-corrected chi connectivity index (χ4v) is 8.61. The lowest BCUT2D eigenvalue weighted by Gasteiger charge is -2.28. The largest absolute Gasteiger partial charge is 0.310 e. The highest BCUT2D eigenvalue weighted by Gasteiger charge is 2.31. The number of aromatic nitrogens is 1. The van der Waals surface area contributed by atoms with Crippen LogP contribution >= 0.6 is 0 Å². The zero-order valence-corrected chi connectivity index (χ0v) is 27.2. The second kappa shape index (κ2) is 10.4. The first-order chi connectivity index (χ1) is 24.8. The monoisotopic (exact) mass is 634 g/mol. The Balaban J connectivity index is 1.17. The number of nitrogens with zero attached hydrogens (tertiary/aromatic N) is 2. The standard InChI is InChI=1S/C48H30N2/c1-3-13-31(14-4-1)49(34-26-28-46-44(30-34)36-18-9-10-24-45(36)50(46)32-15-5-2-6-16-32)33-25-27-42-43(29-33)41-23-12-22-39-40-21-11-20-38(48(40)42)35-17-7-8-19-37(35)47(39)41/h1-30H. The van der Waals surface area contributed by atoms with E-state index in [4.69, 9.17) is 0 Å². The average Bonchev–Trinajstić information content (AvgIpc) is 3.46. The second-order valence-electron chi connectivity index (χ2n) is 13.3. The molecule has 0 unspecified atom stereocenters. The Morgan fingerprint density at radius 2 is 0.820 bits per heavy atom. The van der Waals surface area contributed by atoms with E-state index >= 15 is 0 Å². The second-order valence-corrected chi connectivity index (χ2v) is 13.3. The van der Waals surface area contributed by atoms with Crippen molar-refractivity contribution in [1.82, 2.24) is 4.57 Å². The topological polar surface area (TPSA) is 8.17 Å². The number of hydrogen-bond donors (Lipinski definition) is 0. The van der Waals surface area contributed by atoms with Gasteiger partial charge in [0.05, 0.1) is 11.0 Å². The van der Waals surface area contributed by atoms with Gasteiger partial charge in [0.2, 0.25) is 0 Å². The number of hydrogen-bond acceptors (Lipinski definition) is 1. The van der Waals surface area contributed by atoms with Crippen molar-refractivity contribution in [3.05, 3.63) is 182 Å². The quantitative estimate of drug-likeness (QED) is 0.187. The maximum absolute atomic E-state index is 2.42. The summed E-state index contributed by atoms with van der Waals surface area (Å²) in [6.07, 6.45) is 0. The lowest BCUT2D eigenvalue weighted by Crippen LogP contribution is -2.10. The lowest BCUT2D eigenvalue weighted by atomic mass is 9.83. The third-order valence-corrected chi connectivity index (χ3v) is 10.7. The first kappa shape index (κ1) is 27.3. The highest BCUT2D eigenvalue weighted by Crippen LogP contribution is 2.57. The predicted molar refractivity (Wildman–Crippen MR) is 210 cm³/mol. The minimum absolute atomic E-state index is 1.12. The van der Waals surface area contributed by atoms with Gasteiger partial charge in [-0.1, -0.05) is 121 Å². The molecule has 2 heteroatoms. The SMILES string of the molecule is c1ccc(N(c2ccc3c(c2)-c2cccc4c2-c2ccccc2-c2cccc-4c2-3)c2ccc3c(c2)c2ccccc2n3-c2ccccc2)cc1. The van der Waals surface area contributed by atoms with Crippen molar-refractivity contribution in [2.75, 3.05) is 4.90 Å². The molecule has 0 saturated carbocycles. The molecule has 232 valence electrons. The van der Waals surface area contributed by atoms with E-state index in [1.807, 2.05) is 0 Å². The van der Waals surface area contributed by atoms with Gasteiger partial charge in [-0.2, -0.15) is 0 Å². The van der Waals surface area contributed by atoms with Gasteiger partial charge in [-0.3, -0.25) is 0 Å². The molecule has 50 heavy (non-hydrogen) atoms. The summed E-state index contributed by atoms with van der Waals surface area (Å²) in [4.78, 5) is 2.41. The third kappa shape index (κ3) is 3.79. The molecular weight excluding hydrogens is 605 g/mol. The number of para-hydroxylation sites is 3. The number of anilines is 3. The molecule has 0 saturated heterocycles. The molecular formula is C48H30N2. The van der Waals surface area contributed by atoms with Crippen molar-refractivity contribution in [2.24, 2.45) is 0 Å². The molecule has 0 fully saturated rings. The van der Waals surface area contributed by atoms with Crippen LogP contribution in [0.15, 0.2) is 182 Å². The maximum Gasteiger partial charge on any atom is 0.0542 e. The molecule has 0 radical (unpaired) electrons. The first-order valence-electron chi connectivity index (χ1n) is 17.3. The van der Waals surface area contributed by atoms with Gasteiger partial charge in [-0.25, -0.2) is 0 Å². The molecule has 11 rings (SSSR count). The zero-order chi connectivity index (χ0) is 32.8. The van der Waals surface area contributed by atoms with Crippen LogP contribution in [0.3, 0.4) is 0 Å². The van der Waals surface area contributed by atoms with E-state index in [0.717, 1.165) is 22.7 Å². The Kier molecular flexibility index (Phi) is 5.70. The van der Waals surface area contributed by atoms with Gasteiger partial charge in [0.25, 0.3) is 0 Å². The molecule has 2 aliphatic carbocycles. The summed E-state index contributed by atoms with van der Waals surface area (Å²) in [6.45, 7) is 0. The smallest absolute Gasteiger partial charge is 0.0542 e. The number of fused-ring (bicyclic) bond motifs is 7. The molecule has 2 nitrogen and oxygen atoms in total. The van der Waals surface area contributed by atoms with Crippen molar-refractivity contribution in [1.29, 1.82) is 0 Å². The van der Waals surface area contributed by atoms with Gasteiger partial charge in [0, 0.05) is 33.5 Å². The first-order valence-corrected chi connectivity index (χ1v) is 17.3. The van der Waals surface area contributed by atoms with Crippen LogP contribution in [-0.4, -0.2) is 4.57 Å². The molecule has 8 aromatic carbocycles. The summed E-state index contributed by atoms with van der Waals surface area (Å²) in [5.74, 6) is 0. The summed E-state index contributed by atoms with van der Waals surface area (Å²) in [7, 11) is 0. The minimum atomic E-state index is 1.12. The van der Waals surface area contributed by atoms with E-state index in [9.17, 15) is 0 Å². The fraction of sp³-hybridized carbons (Fsp3) is 0. The zero-order valence-electron chi connectivity index (χ0n) is 27.2. The van der Waals surface area contributed by atoms with Crippen LogP contribution in [0.25, 0.3) is 83.1 Å². The lowest BCUT2D eigenvalue weighted by molar-refractivity contribution is 1.18. The third-order valence-electron chi connectivity index (χ3n) is 10.7. The molecule has 0 aliphatic heterocycles. The molecule has 6 bridgehead atoms. The van der Waals surface area contributed by atoms with E-state index in [1.54, 1.807) is 0 Å². The van der Waals surface area contributed by atoms with E-state index in [2.05, 4.69) is 191 Å². The normalized spacial score (nSPS) is 12.0. The highest BCUT2D eigenvalue weighted by atomic mass is 15.1. The molecule has 0 amide bonds. The van der Waals surface area contributed by atoms with Crippen LogP contribution < -0.4 is 4.90 Å². The van der Waals surface area contributed by atoms with E-state index < -0.39 is 0 Å². The summed E-state index contributed by atoms with van der Waals surface area (Å²) in [5.41, 5.74) is 19.9. The Labute approximate surface area is 290 Å². The molecule has 0 atom stereocenters. The van der Waals surface area contributed by atoms with Crippen LogP contribution in [0.1, 0.15) is 0 Å². The Hall–Kier alpha value is -6.64. The predicted octanol–water partition coefficient (Wildman–Crippen LogP) is 13.2. The van der Waals surface area contributed by atoms with Crippen LogP contribution in [0.2, 0.25) is 0 Å². The van der Waals surface area contributed by atoms with Crippen molar-refractivity contribution in [3.63, 3.8) is 0 Å². The summed E-state index contributed by atoms with van der Waals surface area (Å²) in [5, 5.41) is 2.48. The van der Waals surface area contributed by atoms with Gasteiger partial charge in [0.1, 0.15) is 0 Å². The summed E-state index contributed by atoms with van der Waals surface area (Å²) < 4.78 is 2.38. The summed E-state index contributed by atoms with van der Waals surface area (Å²) >= 11 is 0. The average molecular weight is 635 g/mol. The van der Waals surface area contributed by atoms with Crippen LogP contribution in [0.5, 0.6) is 0 Å². The van der Waals surface area contributed by atoms with Crippen LogP contribution in [-0.2, 0) is 0 Å². The van der Waals surface area contributed by atoms with Crippen LogP contribution in [0.4, 0.5) is 17.1 Å². The molecule has 0 N–H and O–H groups in total. The Bertz CT molecular complexity index is 2780. The highest BCUT2D eigenvalue weighted by molar-refractivity contribution is 6.15. The Morgan fingerprint density at radius 1 is 0.300 bits per heavy atom. The molecule has 2 aliphatic rings. The molecule has 1 aromatic heterocycles. The van der Waals surface area contributed by atoms with Crippen molar-refractivity contribution in [3.8, 4) is 61.3 Å². The van der Waals surface area contributed by atoms with Gasteiger partial charge >= 0.3 is 0 Å². The van der Waals surface area contributed by atoms with E-state index in [1.165, 1.54) is 77.4 Å². The molecule has 1 heterocycles. The minimum Gasteiger partial charge on any atom is -0.310 e. The summed E-state index contributed by atoms with van der Waals surface area (Å²) in [6, 6.07) is 66.8. The van der Waals surface area contributed by atoms with Gasteiger partial charge < -0.3 is 9.47 Å². The van der Waals surface area contributed by atoms with Gasteiger partial charge in [-0.15, -0.1) is 0 Å². The van der Waals surface area contributed by atoms with E-state index in [-0.39, 0.29) is 0 Å². The van der Waals surface area contributed by atoms with E-state index in [0.29, 0.717) is 0 Å². The van der Waals surface area contributed by atoms with Gasteiger partial charge in [-0.05, 0) is 116 Å². The number of benzene rings is 8. The van der Waals surface area contributed by atoms with Crippen molar-refractivity contribution >= 4 is 38.9 Å². The molecule has 0 spiro atoms.